The van der Waals surface area contributed by atoms with E-state index in [0.717, 1.165) is 35.1 Å². The Labute approximate surface area is 485 Å². The van der Waals surface area contributed by atoms with Crippen molar-refractivity contribution in [2.45, 2.75) is 164 Å². The molecule has 12 atom stereocenters. The molecule has 6 aliphatic rings. The molecule has 4 saturated carbocycles. The van der Waals surface area contributed by atoms with Crippen LogP contribution in [0.15, 0.2) is 117 Å². The summed E-state index contributed by atoms with van der Waals surface area (Å²) in [5.74, 6) is -2.81. The van der Waals surface area contributed by atoms with E-state index in [2.05, 4.69) is 10.3 Å². The van der Waals surface area contributed by atoms with Crippen LogP contribution in [0.3, 0.4) is 0 Å². The Morgan fingerprint density at radius 1 is 0.578 bits per heavy atom. The van der Waals surface area contributed by atoms with Crippen LogP contribution in [0.4, 0.5) is 0 Å². The Morgan fingerprint density at radius 3 is 1.29 bits per heavy atom. The van der Waals surface area contributed by atoms with Gasteiger partial charge in [-0.15, -0.1) is 0 Å². The second-order valence-electron chi connectivity index (χ2n) is 24.7. The average Bonchev–Trinajstić information content (AvgIpc) is 1.80. The van der Waals surface area contributed by atoms with Crippen molar-refractivity contribution in [1.82, 2.24) is 0 Å². The summed E-state index contributed by atoms with van der Waals surface area (Å²) in [5, 5.41) is 28.5. The van der Waals surface area contributed by atoms with Crippen LogP contribution in [0.1, 0.15) is 165 Å². The Morgan fingerprint density at radius 2 is 0.940 bits per heavy atom. The standard InChI is InChI=1S/C63H74N2O16S2/c1-7-39(33-61(5,59(70)78-53-25-27-76-57(53)68)31-37(3)41-9-17-47(66)18-10-41)43-13-21-49(22-14-43)82(72,73)80-64-55-45-29-51-56(52-30-46(55)36-63(51,52)35-45)65-81-83(74,75)50-23-15-44(16-24-50)40(8-2)34-62(6,60(71)79-54-26-28-77-58(54)69)32-38(4)42-11-19-48(67)20-12-42/h9-24,37-40,45-46,51-54,66-67H,7-8,25-36H2,1-6H3. The number of hydrogen-bond acceptors (Lipinski definition) is 18. The number of esters is 4. The van der Waals surface area contributed by atoms with Crippen LogP contribution in [0.25, 0.3) is 0 Å². The highest BCUT2D eigenvalue weighted by Crippen LogP contribution is 2.73. The fourth-order valence-electron chi connectivity index (χ4n) is 14.6. The van der Waals surface area contributed by atoms with Crippen molar-refractivity contribution in [3.05, 3.63) is 119 Å². The van der Waals surface area contributed by atoms with Gasteiger partial charge in [0.25, 0.3) is 0 Å². The Bertz CT molecular complexity index is 3360. The van der Waals surface area contributed by atoms with Gasteiger partial charge in [-0.2, -0.15) is 16.8 Å². The van der Waals surface area contributed by atoms with Crippen molar-refractivity contribution in [3.8, 4) is 11.5 Å². The van der Waals surface area contributed by atoms with Gasteiger partial charge in [-0.25, -0.2) is 9.59 Å². The lowest BCUT2D eigenvalue weighted by molar-refractivity contribution is -0.169. The minimum absolute atomic E-state index is 0.0511. The number of nitrogens with zero attached hydrogens (tertiary/aromatic N) is 2. The summed E-state index contributed by atoms with van der Waals surface area (Å²) >= 11 is 0. The second kappa shape index (κ2) is 23.3. The first-order valence-electron chi connectivity index (χ1n) is 29.0. The molecule has 4 aromatic rings. The van der Waals surface area contributed by atoms with Gasteiger partial charge in [0.05, 0.1) is 35.5 Å². The molecule has 2 aliphatic heterocycles. The molecule has 1 spiro atoms. The number of phenolic OH excluding ortho intramolecular Hbond substituents is 2. The first-order valence-corrected chi connectivity index (χ1v) is 31.8. The molecule has 0 amide bonds. The number of benzene rings is 4. The summed E-state index contributed by atoms with van der Waals surface area (Å²) in [5.41, 5.74) is 2.64. The Kier molecular flexibility index (Phi) is 16.7. The predicted molar refractivity (Wildman–Crippen MR) is 304 cm³/mol. The van der Waals surface area contributed by atoms with Crippen LogP contribution in [0.5, 0.6) is 11.5 Å². The molecular weight excluding hydrogens is 1100 g/mol. The first kappa shape index (κ1) is 59.4. The van der Waals surface area contributed by atoms with Crippen molar-refractivity contribution < 1.29 is 73.7 Å². The Balaban J connectivity index is 0.770. The molecule has 444 valence electrons. The molecule has 20 heteroatoms. The SMILES string of the molecule is CCC(CC(C)(CC(C)c1ccc(O)cc1)C(=O)OC1CCOC1=O)c1ccc(S(=O)(=O)ON=C2C3CC4C(=NOS(=O)(=O)c5ccc(C(CC)CC(C)(CC(C)c6ccc(O)cc6)C(=O)OC6CCOC6=O)cc5)C5CC2CC45C3)cc1. The van der Waals surface area contributed by atoms with Crippen LogP contribution >= 0.6 is 0 Å². The molecule has 2 N–H and O–H groups in total. The van der Waals surface area contributed by atoms with Gasteiger partial charge in [0.1, 0.15) is 21.3 Å². The second-order valence-corrected chi connectivity index (χ2v) is 27.7. The van der Waals surface area contributed by atoms with E-state index < -0.39 is 67.2 Å². The van der Waals surface area contributed by atoms with E-state index >= 15 is 0 Å². The van der Waals surface area contributed by atoms with Gasteiger partial charge < -0.3 is 29.2 Å². The fraction of sp³-hybridized carbons (Fsp3) is 0.524. The van der Waals surface area contributed by atoms with Crippen molar-refractivity contribution in [2.75, 3.05) is 13.2 Å². The molecular formula is C63H74N2O16S2. The lowest BCUT2D eigenvalue weighted by atomic mass is 9.54. The highest BCUT2D eigenvalue weighted by molar-refractivity contribution is 7.87. The van der Waals surface area contributed by atoms with Crippen LogP contribution in [0.2, 0.25) is 0 Å². The minimum atomic E-state index is -4.34. The lowest BCUT2D eigenvalue weighted by Gasteiger charge is -2.49. The highest BCUT2D eigenvalue weighted by atomic mass is 32.2. The quantitative estimate of drug-likeness (QED) is 0.0375. The molecule has 0 radical (unpaired) electrons. The highest BCUT2D eigenvalue weighted by Gasteiger charge is 2.72. The molecule has 83 heavy (non-hydrogen) atoms. The molecule has 18 nitrogen and oxygen atoms in total. The van der Waals surface area contributed by atoms with Gasteiger partial charge in [-0.3, -0.25) is 18.2 Å². The van der Waals surface area contributed by atoms with Crippen LogP contribution in [-0.2, 0) is 66.9 Å². The number of carbonyl (C=O) groups excluding carboxylic acids is 4. The molecule has 0 aromatic heterocycles. The summed E-state index contributed by atoms with van der Waals surface area (Å²) in [4.78, 5) is 52.6. The monoisotopic (exact) mass is 1180 g/mol. The normalized spacial score (nSPS) is 26.2. The molecule has 4 aromatic carbocycles. The largest absolute Gasteiger partial charge is 0.508 e. The molecule has 10 rings (SSSR count). The van der Waals surface area contributed by atoms with Crippen molar-refractivity contribution in [3.63, 3.8) is 0 Å². The maximum atomic E-state index is 14.0. The van der Waals surface area contributed by atoms with Gasteiger partial charge in [0.2, 0.25) is 12.2 Å². The number of aromatic hydroxyl groups is 2. The van der Waals surface area contributed by atoms with E-state index in [1.807, 2.05) is 65.8 Å². The zero-order valence-electron chi connectivity index (χ0n) is 47.7. The molecule has 3 bridgehead atoms. The number of hydrogen-bond donors (Lipinski definition) is 2. The van der Waals surface area contributed by atoms with Gasteiger partial charge in [0.15, 0.2) is 0 Å². The van der Waals surface area contributed by atoms with Crippen LogP contribution < -0.4 is 0 Å². The van der Waals surface area contributed by atoms with E-state index in [9.17, 15) is 46.2 Å². The smallest absolute Gasteiger partial charge is 0.358 e. The van der Waals surface area contributed by atoms with Gasteiger partial charge in [-0.05, 0) is 178 Å². The third kappa shape index (κ3) is 12.0. The number of fused-ring (bicyclic) bond motifs is 2. The third-order valence-corrected chi connectivity index (χ3v) is 21.3. The van der Waals surface area contributed by atoms with E-state index in [0.29, 0.717) is 62.8 Å². The Hall–Kier alpha value is -6.80. The summed E-state index contributed by atoms with van der Waals surface area (Å²) in [7, 11) is -8.68. The van der Waals surface area contributed by atoms with E-state index in [1.54, 1.807) is 48.5 Å². The fourth-order valence-corrected chi connectivity index (χ4v) is 16.1. The molecule has 2 saturated heterocycles. The number of carbonyl (C=O) groups is 4. The summed E-state index contributed by atoms with van der Waals surface area (Å²) in [6.07, 6.45) is 3.99. The zero-order chi connectivity index (χ0) is 59.2. The van der Waals surface area contributed by atoms with Crippen molar-refractivity contribution in [2.24, 2.45) is 50.2 Å². The molecule has 12 unspecified atom stereocenters. The number of ether oxygens (including phenoxy) is 4. The van der Waals surface area contributed by atoms with E-state index in [1.165, 1.54) is 24.3 Å². The number of rotatable bonds is 24. The van der Waals surface area contributed by atoms with Crippen molar-refractivity contribution in [1.29, 1.82) is 0 Å². The third-order valence-electron chi connectivity index (χ3n) is 19.1. The van der Waals surface area contributed by atoms with Gasteiger partial charge in [0, 0.05) is 36.5 Å². The molecule has 2 heterocycles. The zero-order valence-corrected chi connectivity index (χ0v) is 49.4. The van der Waals surface area contributed by atoms with Crippen LogP contribution in [-0.4, -0.2) is 87.8 Å². The minimum Gasteiger partial charge on any atom is -0.508 e. The molecule has 4 aliphatic carbocycles. The van der Waals surface area contributed by atoms with Gasteiger partial charge >= 0.3 is 44.1 Å². The van der Waals surface area contributed by atoms with E-state index in [4.69, 9.17) is 27.5 Å². The number of phenols is 2. The topological polar surface area (TPSA) is 257 Å². The summed E-state index contributed by atoms with van der Waals surface area (Å²) < 4.78 is 87.6. The lowest BCUT2D eigenvalue weighted by Crippen LogP contribution is -2.51. The predicted octanol–water partition coefficient (Wildman–Crippen LogP) is 10.9. The average molecular weight is 1180 g/mol. The van der Waals surface area contributed by atoms with Crippen LogP contribution in [0, 0.1) is 39.9 Å². The van der Waals surface area contributed by atoms with Crippen molar-refractivity contribution >= 4 is 55.5 Å². The molecule has 6 fully saturated rings. The summed E-state index contributed by atoms with van der Waals surface area (Å²) in [6.45, 7) is 12.0. The summed E-state index contributed by atoms with van der Waals surface area (Å²) in [6, 6.07) is 26.5. The number of cyclic esters (lactones) is 2. The maximum Gasteiger partial charge on any atom is 0.358 e. The maximum absolute atomic E-state index is 14.0. The first-order chi connectivity index (χ1) is 39.4. The van der Waals surface area contributed by atoms with Gasteiger partial charge in [-0.1, -0.05) is 86.5 Å². The number of oxime groups is 2. The van der Waals surface area contributed by atoms with E-state index in [-0.39, 0.29) is 100 Å².